The molecule has 0 aromatic carbocycles. The van der Waals surface area contributed by atoms with Crippen LogP contribution in [-0.4, -0.2) is 21.5 Å². The molecule has 14 heavy (non-hydrogen) atoms. The predicted molar refractivity (Wildman–Crippen MR) is 68.2 cm³/mol. The number of hydrogen-bond donors (Lipinski definition) is 1. The molecule has 74 valence electrons. The van der Waals surface area contributed by atoms with Crippen molar-refractivity contribution in [2.24, 2.45) is 4.99 Å². The minimum Gasteiger partial charge on any atom is -0.305 e. The minimum absolute atomic E-state index is 0.419. The lowest BCUT2D eigenvalue weighted by Crippen LogP contribution is -2.05. The summed E-state index contributed by atoms with van der Waals surface area (Å²) in [5.74, 6) is 0. The van der Waals surface area contributed by atoms with E-state index in [0.29, 0.717) is 16.6 Å². The fourth-order valence-corrected chi connectivity index (χ4v) is 1.56. The number of rotatable bonds is 2. The quantitative estimate of drug-likeness (QED) is 0.508. The summed E-state index contributed by atoms with van der Waals surface area (Å²) in [4.78, 5) is 8.18. The third kappa shape index (κ3) is 2.51. The summed E-state index contributed by atoms with van der Waals surface area (Å²) in [5.41, 5.74) is 1.90. The average molecular weight is 322 g/mol. The number of halogens is 2. The molecule has 1 heterocycles. The molecule has 1 rings (SSSR count). The maximum Gasteiger partial charge on any atom is 0.129 e. The minimum atomic E-state index is 0.419. The van der Waals surface area contributed by atoms with Gasteiger partial charge in [-0.2, -0.15) is 0 Å². The molecule has 0 radical (unpaired) electrons. The lowest BCUT2D eigenvalue weighted by atomic mass is 10.1. The van der Waals surface area contributed by atoms with Crippen molar-refractivity contribution in [3.63, 3.8) is 0 Å². The van der Waals surface area contributed by atoms with Crippen LogP contribution in [0.2, 0.25) is 5.15 Å². The van der Waals surface area contributed by atoms with Crippen LogP contribution < -0.4 is 0 Å². The first-order valence-corrected chi connectivity index (χ1v) is 5.36. The van der Waals surface area contributed by atoms with E-state index in [9.17, 15) is 0 Å². The van der Waals surface area contributed by atoms with Crippen LogP contribution in [0.5, 0.6) is 0 Å². The number of hydrogen-bond acceptors (Lipinski definition) is 3. The van der Waals surface area contributed by atoms with Crippen molar-refractivity contribution in [2.75, 3.05) is 7.05 Å². The van der Waals surface area contributed by atoms with Gasteiger partial charge in [-0.1, -0.05) is 11.6 Å². The number of nitrogens with one attached hydrogen (secondary N) is 1. The molecule has 0 amide bonds. The van der Waals surface area contributed by atoms with Gasteiger partial charge in [-0.3, -0.25) is 4.99 Å². The summed E-state index contributed by atoms with van der Waals surface area (Å²) in [6.45, 7) is 1.72. The van der Waals surface area contributed by atoms with E-state index in [-0.39, 0.29) is 0 Å². The van der Waals surface area contributed by atoms with E-state index in [0.717, 1.165) is 9.28 Å². The van der Waals surface area contributed by atoms with Gasteiger partial charge in [0.2, 0.25) is 0 Å². The van der Waals surface area contributed by atoms with Crippen LogP contribution in [0.1, 0.15) is 18.2 Å². The Morgan fingerprint density at radius 1 is 1.57 bits per heavy atom. The first-order valence-electron chi connectivity index (χ1n) is 3.91. The third-order valence-electron chi connectivity index (χ3n) is 1.66. The Bertz CT molecular complexity index is 401. The van der Waals surface area contributed by atoms with Gasteiger partial charge in [0.1, 0.15) is 14.6 Å². The highest BCUT2D eigenvalue weighted by Gasteiger charge is 2.10. The zero-order chi connectivity index (χ0) is 10.7. The van der Waals surface area contributed by atoms with E-state index in [4.69, 9.17) is 17.0 Å². The van der Waals surface area contributed by atoms with Crippen LogP contribution in [0.15, 0.2) is 17.1 Å². The SMILES string of the molecule is CN=C(I)c1nc(Cl)ccc1C(C)=N. The summed E-state index contributed by atoms with van der Waals surface area (Å²) >= 11 is 7.86. The lowest BCUT2D eigenvalue weighted by Gasteiger charge is -2.05. The molecule has 0 saturated heterocycles. The predicted octanol–water partition coefficient (Wildman–Crippen LogP) is 2.93. The van der Waals surface area contributed by atoms with Crippen molar-refractivity contribution in [1.82, 2.24) is 4.98 Å². The molecule has 0 atom stereocenters. The van der Waals surface area contributed by atoms with Gasteiger partial charge in [0.05, 0.1) is 0 Å². The number of aromatic nitrogens is 1. The summed E-state index contributed by atoms with van der Waals surface area (Å²) in [5, 5.41) is 7.99. The molecule has 5 heteroatoms. The number of pyridine rings is 1. The molecule has 0 aliphatic rings. The molecule has 0 aliphatic heterocycles. The summed E-state index contributed by atoms with van der Waals surface area (Å²) in [6, 6.07) is 3.47. The van der Waals surface area contributed by atoms with Crippen molar-refractivity contribution < 1.29 is 0 Å². The summed E-state index contributed by atoms with van der Waals surface area (Å²) < 4.78 is 0.756. The normalized spacial score (nSPS) is 11.6. The van der Waals surface area contributed by atoms with Crippen LogP contribution in [0, 0.1) is 5.41 Å². The van der Waals surface area contributed by atoms with E-state index < -0.39 is 0 Å². The first-order chi connectivity index (χ1) is 6.56. The van der Waals surface area contributed by atoms with Crippen LogP contribution in [-0.2, 0) is 0 Å². The van der Waals surface area contributed by atoms with Gasteiger partial charge in [-0.05, 0) is 41.6 Å². The largest absolute Gasteiger partial charge is 0.305 e. The molecule has 0 fully saturated rings. The second kappa shape index (κ2) is 4.84. The van der Waals surface area contributed by atoms with Crippen molar-refractivity contribution >= 4 is 43.6 Å². The Hall–Kier alpha value is -0.490. The van der Waals surface area contributed by atoms with E-state index >= 15 is 0 Å². The topological polar surface area (TPSA) is 49.1 Å². The fourth-order valence-electron chi connectivity index (χ4n) is 1.00. The van der Waals surface area contributed by atoms with Gasteiger partial charge < -0.3 is 5.41 Å². The second-order valence-electron chi connectivity index (χ2n) is 2.67. The summed E-state index contributed by atoms with van der Waals surface area (Å²) in [7, 11) is 1.69. The maximum atomic E-state index is 7.57. The molecular weight excluding hydrogens is 312 g/mol. The highest BCUT2D eigenvalue weighted by atomic mass is 127. The Kier molecular flexibility index (Phi) is 4.00. The van der Waals surface area contributed by atoms with E-state index in [1.165, 1.54) is 0 Å². The zero-order valence-corrected chi connectivity index (χ0v) is 10.7. The standard InChI is InChI=1S/C9H9ClIN3/c1-5(12)6-3-4-7(10)14-8(6)9(11)13-2/h3-4,12H,1-2H3. The lowest BCUT2D eigenvalue weighted by molar-refractivity contribution is 1.27. The number of nitrogens with zero attached hydrogens (tertiary/aromatic N) is 2. The molecule has 0 bridgehead atoms. The van der Waals surface area contributed by atoms with Crippen molar-refractivity contribution in [3.05, 3.63) is 28.5 Å². The molecular formula is C9H9ClIN3. The third-order valence-corrected chi connectivity index (χ3v) is 2.86. The smallest absolute Gasteiger partial charge is 0.129 e. The summed E-state index contributed by atoms with van der Waals surface area (Å²) in [6.07, 6.45) is 0. The Balaban J connectivity index is 3.37. The van der Waals surface area contributed by atoms with Gasteiger partial charge in [0.15, 0.2) is 0 Å². The van der Waals surface area contributed by atoms with Gasteiger partial charge >= 0.3 is 0 Å². The van der Waals surface area contributed by atoms with E-state index in [1.807, 2.05) is 0 Å². The molecule has 3 nitrogen and oxygen atoms in total. The molecule has 0 aliphatic carbocycles. The molecule has 0 spiro atoms. The van der Waals surface area contributed by atoms with Gasteiger partial charge in [0, 0.05) is 18.3 Å². The van der Waals surface area contributed by atoms with Crippen molar-refractivity contribution in [1.29, 1.82) is 5.41 Å². The van der Waals surface area contributed by atoms with Crippen LogP contribution in [0.4, 0.5) is 0 Å². The Morgan fingerprint density at radius 3 is 2.71 bits per heavy atom. The van der Waals surface area contributed by atoms with Gasteiger partial charge in [-0.15, -0.1) is 0 Å². The first kappa shape index (κ1) is 11.6. The zero-order valence-electron chi connectivity index (χ0n) is 7.81. The van der Waals surface area contributed by atoms with E-state index in [2.05, 4.69) is 32.6 Å². The molecule has 1 aromatic rings. The second-order valence-corrected chi connectivity index (χ2v) is 4.08. The molecule has 1 aromatic heterocycles. The van der Waals surface area contributed by atoms with Crippen molar-refractivity contribution in [3.8, 4) is 0 Å². The Labute approximate surface area is 101 Å². The number of aliphatic imine (C=N–C) groups is 1. The highest BCUT2D eigenvalue weighted by Crippen LogP contribution is 2.15. The average Bonchev–Trinajstić information content (AvgIpc) is 2.16. The van der Waals surface area contributed by atoms with Gasteiger partial charge in [0.25, 0.3) is 0 Å². The molecule has 0 unspecified atom stereocenters. The van der Waals surface area contributed by atoms with Crippen molar-refractivity contribution in [2.45, 2.75) is 6.92 Å². The molecule has 0 saturated carbocycles. The Morgan fingerprint density at radius 2 is 2.21 bits per heavy atom. The van der Waals surface area contributed by atoms with E-state index in [1.54, 1.807) is 26.1 Å². The van der Waals surface area contributed by atoms with Crippen LogP contribution in [0.3, 0.4) is 0 Å². The fraction of sp³-hybridized carbons (Fsp3) is 0.222. The molecule has 1 N–H and O–H groups in total. The highest BCUT2D eigenvalue weighted by molar-refractivity contribution is 14.1. The monoisotopic (exact) mass is 321 g/mol. The van der Waals surface area contributed by atoms with Crippen LogP contribution in [0.25, 0.3) is 0 Å². The maximum absolute atomic E-state index is 7.57. The van der Waals surface area contributed by atoms with Crippen LogP contribution >= 0.6 is 34.2 Å². The van der Waals surface area contributed by atoms with Gasteiger partial charge in [-0.25, -0.2) is 4.98 Å².